The molecular formula is C16H24N6O2. The van der Waals surface area contributed by atoms with Crippen LogP contribution in [-0.4, -0.2) is 49.4 Å². The molecule has 1 aliphatic rings. The number of nitrogens with one attached hydrogen (secondary N) is 1. The first-order valence-corrected chi connectivity index (χ1v) is 8.32. The number of carbonyl (C=O) groups excluding carboxylic acids is 1. The third kappa shape index (κ3) is 3.00. The fourth-order valence-electron chi connectivity index (χ4n) is 3.05. The van der Waals surface area contributed by atoms with Gasteiger partial charge in [-0.1, -0.05) is 13.8 Å². The molecule has 0 saturated carbocycles. The molecule has 1 fully saturated rings. The van der Waals surface area contributed by atoms with Crippen molar-refractivity contribution in [2.45, 2.75) is 45.1 Å². The number of hydrogen-bond donors (Lipinski definition) is 1. The standard InChI is InChI=1S/C16H24N6O2/c1-10(2)14-17-15(19-18-14)12-7-5-6-8-22(12)16(23)11-9-13(24-4)21(3)20-11/h9-10,12H,5-8H2,1-4H3,(H,17,18,19)/t12-/m0/s1. The van der Waals surface area contributed by atoms with Gasteiger partial charge in [-0.3, -0.25) is 9.89 Å². The molecule has 1 saturated heterocycles. The lowest BCUT2D eigenvalue weighted by Gasteiger charge is -2.33. The van der Waals surface area contributed by atoms with Crippen LogP contribution >= 0.6 is 0 Å². The van der Waals surface area contributed by atoms with Crippen LogP contribution in [0.5, 0.6) is 5.88 Å². The topological polar surface area (TPSA) is 88.9 Å². The van der Waals surface area contributed by atoms with Crippen LogP contribution < -0.4 is 4.74 Å². The van der Waals surface area contributed by atoms with Crippen molar-refractivity contribution >= 4 is 5.91 Å². The average molecular weight is 332 g/mol. The number of rotatable bonds is 4. The van der Waals surface area contributed by atoms with E-state index in [0.717, 1.165) is 30.9 Å². The molecule has 0 spiro atoms. The lowest BCUT2D eigenvalue weighted by atomic mass is 10.0. The van der Waals surface area contributed by atoms with E-state index in [0.29, 0.717) is 18.1 Å². The summed E-state index contributed by atoms with van der Waals surface area (Å²) in [6, 6.07) is 1.59. The van der Waals surface area contributed by atoms with Gasteiger partial charge in [-0.25, -0.2) is 9.67 Å². The van der Waals surface area contributed by atoms with E-state index in [-0.39, 0.29) is 17.9 Å². The third-order valence-electron chi connectivity index (χ3n) is 4.38. The Morgan fingerprint density at radius 3 is 2.83 bits per heavy atom. The minimum atomic E-state index is -0.0962. The summed E-state index contributed by atoms with van der Waals surface area (Å²) in [6.07, 6.45) is 2.93. The minimum absolute atomic E-state index is 0.0840. The molecule has 1 N–H and O–H groups in total. The number of ether oxygens (including phenoxy) is 1. The van der Waals surface area contributed by atoms with Crippen LogP contribution in [0.25, 0.3) is 0 Å². The maximum absolute atomic E-state index is 12.9. The molecule has 8 nitrogen and oxygen atoms in total. The highest BCUT2D eigenvalue weighted by Crippen LogP contribution is 2.31. The number of hydrogen-bond acceptors (Lipinski definition) is 5. The van der Waals surface area contributed by atoms with E-state index < -0.39 is 0 Å². The van der Waals surface area contributed by atoms with Crippen molar-refractivity contribution in [3.63, 3.8) is 0 Å². The Morgan fingerprint density at radius 2 is 2.21 bits per heavy atom. The predicted octanol–water partition coefficient (Wildman–Crippen LogP) is 2.04. The summed E-state index contributed by atoms with van der Waals surface area (Å²) in [5, 5.41) is 11.6. The quantitative estimate of drug-likeness (QED) is 0.925. The minimum Gasteiger partial charge on any atom is -0.481 e. The first-order valence-electron chi connectivity index (χ1n) is 8.32. The van der Waals surface area contributed by atoms with Crippen molar-refractivity contribution in [1.29, 1.82) is 0 Å². The first kappa shape index (κ1) is 16.5. The number of methoxy groups -OCH3 is 1. The number of H-pyrrole nitrogens is 1. The zero-order valence-electron chi connectivity index (χ0n) is 14.6. The largest absolute Gasteiger partial charge is 0.481 e. The summed E-state index contributed by atoms with van der Waals surface area (Å²) in [4.78, 5) is 19.4. The summed E-state index contributed by atoms with van der Waals surface area (Å²) in [5.41, 5.74) is 0.393. The molecule has 2 aromatic heterocycles. The van der Waals surface area contributed by atoms with Gasteiger partial charge in [-0.05, 0) is 19.3 Å². The summed E-state index contributed by atoms with van der Waals surface area (Å²) in [7, 11) is 3.32. The molecule has 1 aliphatic heterocycles. The van der Waals surface area contributed by atoms with Gasteiger partial charge in [0, 0.05) is 25.6 Å². The SMILES string of the molecule is COc1cc(C(=O)N2CCCC[C@H]2c2nc(C(C)C)n[nH]2)nn1C. The zero-order valence-corrected chi connectivity index (χ0v) is 14.6. The van der Waals surface area contributed by atoms with E-state index >= 15 is 0 Å². The molecule has 0 aliphatic carbocycles. The van der Waals surface area contributed by atoms with Gasteiger partial charge >= 0.3 is 0 Å². The van der Waals surface area contributed by atoms with Crippen molar-refractivity contribution < 1.29 is 9.53 Å². The Bertz CT molecular complexity index is 720. The molecule has 0 aromatic carbocycles. The molecule has 130 valence electrons. The van der Waals surface area contributed by atoms with Crippen LogP contribution in [0, 0.1) is 0 Å². The number of aromatic nitrogens is 5. The monoisotopic (exact) mass is 332 g/mol. The van der Waals surface area contributed by atoms with Crippen LogP contribution in [-0.2, 0) is 7.05 Å². The van der Waals surface area contributed by atoms with Crippen molar-refractivity contribution in [2.24, 2.45) is 7.05 Å². The molecule has 0 bridgehead atoms. The molecule has 1 atom stereocenters. The highest BCUT2D eigenvalue weighted by Gasteiger charge is 2.32. The van der Waals surface area contributed by atoms with Crippen molar-refractivity contribution in [3.8, 4) is 5.88 Å². The van der Waals surface area contributed by atoms with Gasteiger partial charge < -0.3 is 9.64 Å². The van der Waals surface area contributed by atoms with Crippen LogP contribution in [0.15, 0.2) is 6.07 Å². The number of carbonyl (C=O) groups is 1. The number of aromatic amines is 1. The number of amides is 1. The fraction of sp³-hybridized carbons (Fsp3) is 0.625. The van der Waals surface area contributed by atoms with Crippen LogP contribution in [0.4, 0.5) is 0 Å². The summed E-state index contributed by atoms with van der Waals surface area (Å²) in [5.74, 6) is 2.26. The van der Waals surface area contributed by atoms with Gasteiger partial charge in [0.15, 0.2) is 11.5 Å². The zero-order chi connectivity index (χ0) is 17.3. The Morgan fingerprint density at radius 1 is 1.42 bits per heavy atom. The van der Waals surface area contributed by atoms with Gasteiger partial charge in [-0.2, -0.15) is 10.2 Å². The van der Waals surface area contributed by atoms with Crippen LogP contribution in [0.1, 0.15) is 67.2 Å². The van der Waals surface area contributed by atoms with E-state index in [4.69, 9.17) is 4.74 Å². The maximum atomic E-state index is 12.9. The summed E-state index contributed by atoms with van der Waals surface area (Å²) in [6.45, 7) is 4.80. The molecule has 3 heterocycles. The van der Waals surface area contributed by atoms with Crippen molar-refractivity contribution in [2.75, 3.05) is 13.7 Å². The van der Waals surface area contributed by atoms with E-state index in [9.17, 15) is 4.79 Å². The van der Waals surface area contributed by atoms with Gasteiger partial charge in [0.05, 0.1) is 13.2 Å². The lowest BCUT2D eigenvalue weighted by Crippen LogP contribution is -2.39. The van der Waals surface area contributed by atoms with Gasteiger partial charge in [0.2, 0.25) is 5.88 Å². The summed E-state index contributed by atoms with van der Waals surface area (Å²) < 4.78 is 6.77. The molecule has 8 heteroatoms. The number of piperidine rings is 1. The van der Waals surface area contributed by atoms with Crippen LogP contribution in [0.3, 0.4) is 0 Å². The average Bonchev–Trinajstić information content (AvgIpc) is 3.21. The van der Waals surface area contributed by atoms with E-state index in [2.05, 4.69) is 34.1 Å². The molecule has 24 heavy (non-hydrogen) atoms. The second kappa shape index (κ2) is 6.62. The predicted molar refractivity (Wildman–Crippen MR) is 87.9 cm³/mol. The first-order chi connectivity index (χ1) is 11.5. The van der Waals surface area contributed by atoms with Gasteiger partial charge in [-0.15, -0.1) is 0 Å². The second-order valence-corrected chi connectivity index (χ2v) is 6.44. The highest BCUT2D eigenvalue weighted by atomic mass is 16.5. The van der Waals surface area contributed by atoms with Crippen molar-refractivity contribution in [1.82, 2.24) is 29.9 Å². The Balaban J connectivity index is 1.86. The molecule has 2 aromatic rings. The molecule has 0 radical (unpaired) electrons. The number of likely N-dealkylation sites (tertiary alicyclic amines) is 1. The smallest absolute Gasteiger partial charge is 0.275 e. The van der Waals surface area contributed by atoms with E-state index in [1.165, 1.54) is 0 Å². The van der Waals surface area contributed by atoms with E-state index in [1.54, 1.807) is 24.9 Å². The summed E-state index contributed by atoms with van der Waals surface area (Å²) >= 11 is 0. The van der Waals surface area contributed by atoms with Crippen molar-refractivity contribution in [3.05, 3.63) is 23.4 Å². The third-order valence-corrected chi connectivity index (χ3v) is 4.38. The second-order valence-electron chi connectivity index (χ2n) is 6.44. The molecule has 0 unspecified atom stereocenters. The maximum Gasteiger partial charge on any atom is 0.275 e. The Kier molecular flexibility index (Phi) is 4.55. The Labute approximate surface area is 141 Å². The fourth-order valence-corrected chi connectivity index (χ4v) is 3.05. The normalized spacial score (nSPS) is 18.2. The number of nitrogens with zero attached hydrogens (tertiary/aromatic N) is 5. The van der Waals surface area contributed by atoms with E-state index in [1.807, 2.05) is 4.90 Å². The number of aryl methyl sites for hydroxylation is 1. The van der Waals surface area contributed by atoms with Gasteiger partial charge in [0.1, 0.15) is 5.82 Å². The molecule has 1 amide bonds. The van der Waals surface area contributed by atoms with Crippen LogP contribution in [0.2, 0.25) is 0 Å². The highest BCUT2D eigenvalue weighted by molar-refractivity contribution is 5.93. The molecule has 3 rings (SSSR count). The molecular weight excluding hydrogens is 308 g/mol. The lowest BCUT2D eigenvalue weighted by molar-refractivity contribution is 0.0593. The van der Waals surface area contributed by atoms with Gasteiger partial charge in [0.25, 0.3) is 5.91 Å². The Hall–Kier alpha value is -2.38.